The Morgan fingerprint density at radius 1 is 1.00 bits per heavy atom. The second kappa shape index (κ2) is 9.06. The van der Waals surface area contributed by atoms with E-state index in [4.69, 9.17) is 9.47 Å². The quantitative estimate of drug-likeness (QED) is 0.262. The van der Waals surface area contributed by atoms with Crippen molar-refractivity contribution in [1.82, 2.24) is 0 Å². The van der Waals surface area contributed by atoms with Gasteiger partial charge in [-0.1, -0.05) is 30.0 Å². The van der Waals surface area contributed by atoms with E-state index in [1.54, 1.807) is 18.2 Å². The predicted molar refractivity (Wildman–Crippen MR) is 120 cm³/mol. The molecule has 0 aromatic heterocycles. The first-order valence-corrected chi connectivity index (χ1v) is 10.5. The maximum absolute atomic E-state index is 12.6. The Hall–Kier alpha value is -3.58. The molecular weight excluding hydrogens is 414 g/mol. The largest absolute Gasteiger partial charge is 0.490 e. The minimum absolute atomic E-state index is 0.0251. The van der Waals surface area contributed by atoms with Gasteiger partial charge < -0.3 is 9.47 Å². The first kappa shape index (κ1) is 20.7. The minimum Gasteiger partial charge on any atom is -0.490 e. The first-order chi connectivity index (χ1) is 15.0. The van der Waals surface area contributed by atoms with Gasteiger partial charge in [-0.3, -0.25) is 14.9 Å². The summed E-state index contributed by atoms with van der Waals surface area (Å²) in [6.07, 6.45) is 1.86. The van der Waals surface area contributed by atoms with E-state index in [0.717, 1.165) is 21.6 Å². The van der Waals surface area contributed by atoms with Crippen molar-refractivity contribution in [2.24, 2.45) is 0 Å². The number of benzene rings is 3. The topological polar surface area (TPSA) is 78.7 Å². The van der Waals surface area contributed by atoms with Crippen LogP contribution in [0, 0.1) is 10.1 Å². The number of nitrogens with zero attached hydrogens (tertiary/aromatic N) is 1. The SMILES string of the molecule is CCOc1cc(/C=C2/Sc3ccccc3C2=O)ccc1OCc1ccc([N+](=O)[O-])cc1. The number of allylic oxidation sites excluding steroid dienone is 1. The van der Waals surface area contributed by atoms with Gasteiger partial charge in [-0.15, -0.1) is 0 Å². The Bertz CT molecular complexity index is 1170. The Balaban J connectivity index is 1.52. The van der Waals surface area contributed by atoms with Gasteiger partial charge in [-0.25, -0.2) is 0 Å². The fourth-order valence-corrected chi connectivity index (χ4v) is 4.22. The van der Waals surface area contributed by atoms with Gasteiger partial charge in [-0.05, 0) is 60.5 Å². The summed E-state index contributed by atoms with van der Waals surface area (Å²) in [5, 5.41) is 10.8. The molecule has 1 aliphatic rings. The van der Waals surface area contributed by atoms with Gasteiger partial charge in [0.1, 0.15) is 6.61 Å². The number of hydrogen-bond acceptors (Lipinski definition) is 6. The van der Waals surface area contributed by atoms with Crippen LogP contribution in [0.4, 0.5) is 5.69 Å². The molecule has 7 heteroatoms. The van der Waals surface area contributed by atoms with Crippen molar-refractivity contribution >= 4 is 29.3 Å². The predicted octanol–water partition coefficient (Wildman–Crippen LogP) is 5.90. The summed E-state index contributed by atoms with van der Waals surface area (Å²) in [6, 6.07) is 19.3. The lowest BCUT2D eigenvalue weighted by Gasteiger charge is -2.13. The molecule has 3 aromatic rings. The molecule has 0 amide bonds. The molecule has 1 heterocycles. The molecule has 1 aliphatic heterocycles. The number of thioether (sulfide) groups is 1. The number of carbonyl (C=O) groups is 1. The summed E-state index contributed by atoms with van der Waals surface area (Å²) in [7, 11) is 0. The normalized spacial score (nSPS) is 13.8. The van der Waals surface area contributed by atoms with Crippen LogP contribution in [0.2, 0.25) is 0 Å². The van der Waals surface area contributed by atoms with Crippen molar-refractivity contribution in [1.29, 1.82) is 0 Å². The molecule has 0 saturated heterocycles. The van der Waals surface area contributed by atoms with Crippen LogP contribution in [0.15, 0.2) is 76.5 Å². The summed E-state index contributed by atoms with van der Waals surface area (Å²) in [6.45, 7) is 2.60. The van der Waals surface area contributed by atoms with Gasteiger partial charge in [0.2, 0.25) is 5.78 Å². The van der Waals surface area contributed by atoms with Crippen LogP contribution >= 0.6 is 11.8 Å². The molecular formula is C24H19NO5S. The molecule has 0 aliphatic carbocycles. The van der Waals surface area contributed by atoms with E-state index in [1.165, 1.54) is 23.9 Å². The molecule has 0 spiro atoms. The van der Waals surface area contributed by atoms with E-state index in [0.29, 0.717) is 23.0 Å². The van der Waals surface area contributed by atoms with Crippen molar-refractivity contribution < 1.29 is 19.2 Å². The number of rotatable bonds is 7. The van der Waals surface area contributed by atoms with Gasteiger partial charge in [0, 0.05) is 22.6 Å². The van der Waals surface area contributed by atoms with Crippen LogP contribution in [0.1, 0.15) is 28.4 Å². The summed E-state index contributed by atoms with van der Waals surface area (Å²) in [5.74, 6) is 1.17. The highest BCUT2D eigenvalue weighted by Gasteiger charge is 2.25. The molecule has 0 bridgehead atoms. The van der Waals surface area contributed by atoms with Crippen LogP contribution in [-0.4, -0.2) is 17.3 Å². The molecule has 31 heavy (non-hydrogen) atoms. The van der Waals surface area contributed by atoms with Crippen LogP contribution in [0.25, 0.3) is 6.08 Å². The highest BCUT2D eigenvalue weighted by atomic mass is 32.2. The second-order valence-corrected chi connectivity index (χ2v) is 7.87. The Morgan fingerprint density at radius 3 is 2.48 bits per heavy atom. The number of hydrogen-bond donors (Lipinski definition) is 0. The fourth-order valence-electron chi connectivity index (χ4n) is 3.16. The van der Waals surface area contributed by atoms with Gasteiger partial charge in [0.25, 0.3) is 5.69 Å². The number of non-ortho nitro benzene ring substituents is 1. The van der Waals surface area contributed by atoms with Crippen molar-refractivity contribution in [2.45, 2.75) is 18.4 Å². The lowest BCUT2D eigenvalue weighted by Crippen LogP contribution is -2.00. The maximum Gasteiger partial charge on any atom is 0.269 e. The van der Waals surface area contributed by atoms with Gasteiger partial charge >= 0.3 is 0 Å². The van der Waals surface area contributed by atoms with Crippen molar-refractivity contribution in [3.8, 4) is 11.5 Å². The van der Waals surface area contributed by atoms with Gasteiger partial charge in [-0.2, -0.15) is 0 Å². The third kappa shape index (κ3) is 4.62. The van der Waals surface area contributed by atoms with Crippen LogP contribution < -0.4 is 9.47 Å². The number of nitro groups is 1. The van der Waals surface area contributed by atoms with Gasteiger partial charge in [0.15, 0.2) is 11.5 Å². The summed E-state index contributed by atoms with van der Waals surface area (Å²) in [5.41, 5.74) is 2.42. The zero-order valence-corrected chi connectivity index (χ0v) is 17.6. The van der Waals surface area contributed by atoms with Crippen molar-refractivity contribution in [3.63, 3.8) is 0 Å². The summed E-state index contributed by atoms with van der Waals surface area (Å²) < 4.78 is 11.6. The van der Waals surface area contributed by atoms with Crippen molar-refractivity contribution in [3.05, 3.63) is 98.4 Å². The minimum atomic E-state index is -0.434. The molecule has 0 saturated carbocycles. The zero-order valence-electron chi connectivity index (χ0n) is 16.7. The monoisotopic (exact) mass is 433 g/mol. The third-order valence-corrected chi connectivity index (χ3v) is 5.78. The van der Waals surface area contributed by atoms with Crippen LogP contribution in [0.5, 0.6) is 11.5 Å². The number of fused-ring (bicyclic) bond motifs is 1. The molecule has 0 unspecified atom stereocenters. The van der Waals surface area contributed by atoms with E-state index in [9.17, 15) is 14.9 Å². The van der Waals surface area contributed by atoms with Gasteiger partial charge in [0.05, 0.1) is 16.4 Å². The highest BCUT2D eigenvalue weighted by Crippen LogP contribution is 2.41. The molecule has 6 nitrogen and oxygen atoms in total. The number of ketones is 1. The van der Waals surface area contributed by atoms with Crippen molar-refractivity contribution in [2.75, 3.05) is 6.61 Å². The van der Waals surface area contributed by atoms with E-state index in [1.807, 2.05) is 49.4 Å². The van der Waals surface area contributed by atoms with Crippen LogP contribution in [-0.2, 0) is 6.61 Å². The standard InChI is InChI=1S/C24H19NO5S/c1-2-29-21-13-17(14-23-24(26)19-5-3-4-6-22(19)31-23)9-12-20(21)30-15-16-7-10-18(11-8-16)25(27)28/h3-14H,2,15H2,1H3/b23-14+. The first-order valence-electron chi connectivity index (χ1n) is 9.71. The average Bonchev–Trinajstić information content (AvgIpc) is 3.09. The lowest BCUT2D eigenvalue weighted by atomic mass is 10.1. The molecule has 3 aromatic carbocycles. The van der Waals surface area contributed by atoms with Crippen LogP contribution in [0.3, 0.4) is 0 Å². The molecule has 156 valence electrons. The van der Waals surface area contributed by atoms with E-state index >= 15 is 0 Å². The number of ether oxygens (including phenoxy) is 2. The Morgan fingerprint density at radius 2 is 1.77 bits per heavy atom. The zero-order chi connectivity index (χ0) is 21.8. The Kier molecular flexibility index (Phi) is 6.04. The average molecular weight is 433 g/mol. The molecule has 0 radical (unpaired) electrons. The Labute approximate surface area is 183 Å². The second-order valence-electron chi connectivity index (χ2n) is 6.79. The fraction of sp³-hybridized carbons (Fsp3) is 0.125. The number of carbonyl (C=O) groups excluding carboxylic acids is 1. The third-order valence-electron chi connectivity index (χ3n) is 4.68. The number of Topliss-reactive ketones (excluding diaryl/α,β-unsaturated/α-hetero) is 1. The van der Waals surface area contributed by atoms with E-state index < -0.39 is 4.92 Å². The maximum atomic E-state index is 12.6. The van der Waals surface area contributed by atoms with E-state index in [2.05, 4.69) is 0 Å². The highest BCUT2D eigenvalue weighted by molar-refractivity contribution is 8.04. The van der Waals surface area contributed by atoms with E-state index in [-0.39, 0.29) is 18.1 Å². The molecule has 0 atom stereocenters. The smallest absolute Gasteiger partial charge is 0.269 e. The number of nitro benzene ring substituents is 1. The molecule has 0 fully saturated rings. The summed E-state index contributed by atoms with van der Waals surface area (Å²) in [4.78, 5) is 24.6. The molecule has 4 rings (SSSR count). The summed E-state index contributed by atoms with van der Waals surface area (Å²) >= 11 is 1.46. The lowest BCUT2D eigenvalue weighted by molar-refractivity contribution is -0.384. The molecule has 0 N–H and O–H groups in total.